The second-order valence-electron chi connectivity index (χ2n) is 20.3. The number of halogens is 3. The Hall–Kier alpha value is -7.39. The van der Waals surface area contributed by atoms with E-state index in [2.05, 4.69) is 33.2 Å². The molecule has 3 saturated carbocycles. The summed E-state index contributed by atoms with van der Waals surface area (Å²) in [5, 5.41) is 6.34. The molecule has 6 heterocycles. The van der Waals surface area contributed by atoms with Gasteiger partial charge in [0.1, 0.15) is 34.2 Å². The Balaban J connectivity index is 0.000000114. The number of benzene rings is 6. The molecule has 6 aromatic heterocycles. The first-order valence-corrected chi connectivity index (χ1v) is 26.4. The maximum absolute atomic E-state index is 14.3. The predicted octanol–water partition coefficient (Wildman–Crippen LogP) is 18.7. The minimum atomic E-state index is -0.201. The smallest absolute Gasteiger partial charge is 0.501 e. The zero-order valence-electron chi connectivity index (χ0n) is 41.6. The molecule has 10 heteroatoms. The molecule has 0 amide bonds. The molecule has 0 saturated heterocycles. The van der Waals surface area contributed by atoms with Gasteiger partial charge in [-0.1, -0.05) is 144 Å². The van der Waals surface area contributed by atoms with Gasteiger partial charge in [-0.15, -0.1) is 54.6 Å². The van der Waals surface area contributed by atoms with Crippen LogP contribution in [0.2, 0.25) is 0 Å². The van der Waals surface area contributed by atoms with Crippen LogP contribution in [0.25, 0.3) is 99.6 Å². The molecule has 0 atom stereocenters. The van der Waals surface area contributed by atoms with Crippen LogP contribution in [-0.4, -0.2) is 15.0 Å². The summed E-state index contributed by atoms with van der Waals surface area (Å²) in [6.07, 6.45) is 17.4. The van der Waals surface area contributed by atoms with Crippen molar-refractivity contribution in [2.45, 2.75) is 94.8 Å². The Morgan fingerprint density at radius 2 is 0.645 bits per heavy atom. The first-order chi connectivity index (χ1) is 36.9. The van der Waals surface area contributed by atoms with E-state index in [0.29, 0.717) is 17.8 Å². The van der Waals surface area contributed by atoms with Crippen molar-refractivity contribution in [1.29, 1.82) is 0 Å². The molecular formula is C66H51F3IrN3O3. The van der Waals surface area contributed by atoms with Crippen LogP contribution < -0.4 is 0 Å². The number of rotatable bonds is 6. The van der Waals surface area contributed by atoms with Crippen LogP contribution in [0.1, 0.15) is 111 Å². The van der Waals surface area contributed by atoms with E-state index in [1.54, 1.807) is 0 Å². The van der Waals surface area contributed by atoms with Crippen molar-refractivity contribution >= 4 is 65.8 Å². The maximum Gasteiger partial charge on any atom is 3.00 e. The number of pyridine rings is 3. The van der Waals surface area contributed by atoms with E-state index < -0.39 is 0 Å². The number of hydrogen-bond acceptors (Lipinski definition) is 6. The van der Waals surface area contributed by atoms with Crippen LogP contribution in [-0.2, 0) is 20.1 Å². The number of nitrogens with zero attached hydrogens (tertiary/aromatic N) is 3. The maximum atomic E-state index is 14.3. The van der Waals surface area contributed by atoms with Crippen LogP contribution in [0, 0.1) is 35.7 Å². The van der Waals surface area contributed by atoms with E-state index in [-0.39, 0.29) is 37.6 Å². The van der Waals surface area contributed by atoms with Crippen molar-refractivity contribution in [3.63, 3.8) is 0 Å². The Bertz CT molecular complexity index is 3650. The molecule has 3 fully saturated rings. The number of hydrogen-bond donors (Lipinski definition) is 0. The van der Waals surface area contributed by atoms with Gasteiger partial charge in [0.15, 0.2) is 0 Å². The number of aromatic nitrogens is 3. The first-order valence-electron chi connectivity index (χ1n) is 26.4. The average Bonchev–Trinajstić information content (AvgIpc) is 4.37. The van der Waals surface area contributed by atoms with Crippen molar-refractivity contribution in [2.24, 2.45) is 0 Å². The van der Waals surface area contributed by atoms with Crippen molar-refractivity contribution in [3.05, 3.63) is 198 Å². The molecule has 0 spiro atoms. The SMILES string of the molecule is Fc1cnc(-c2[c-]ccc3c2oc2ccccc23)cc1C1CCCC1.Fc1cnc(-c2[c-]ccc3c2oc2ccccc23)cc1C1CCCC1.Fc1cnc(-c2[c-]ccc3c2oc2ccccc23)cc1C1CCCC1.[Ir+3]. The van der Waals surface area contributed by atoms with E-state index in [9.17, 15) is 13.2 Å². The van der Waals surface area contributed by atoms with Crippen molar-refractivity contribution in [1.82, 2.24) is 15.0 Å². The van der Waals surface area contributed by atoms with E-state index in [1.807, 2.05) is 127 Å². The number of fused-ring (bicyclic) bond motifs is 9. The van der Waals surface area contributed by atoms with Gasteiger partial charge in [0.2, 0.25) is 0 Å². The van der Waals surface area contributed by atoms with Crippen molar-refractivity contribution in [2.75, 3.05) is 0 Å². The van der Waals surface area contributed by atoms with Gasteiger partial charge >= 0.3 is 20.1 Å². The van der Waals surface area contributed by atoms with Crippen LogP contribution in [0.4, 0.5) is 13.2 Å². The molecule has 6 nitrogen and oxygen atoms in total. The standard InChI is InChI=1S/3C22H17FNO.Ir/c3*23-19-13-24-20(12-18(19)14-6-1-2-7-14)17-10-5-9-16-15-8-3-4-11-21(15)25-22(16)17;/h3*3-5,8-9,11-14H,1-2,6-7H2;/q3*-1;+3. The molecule has 0 radical (unpaired) electrons. The zero-order valence-corrected chi connectivity index (χ0v) is 44.0. The van der Waals surface area contributed by atoms with Gasteiger partial charge in [-0.3, -0.25) is 0 Å². The molecule has 0 unspecified atom stereocenters. The van der Waals surface area contributed by atoms with E-state index in [4.69, 9.17) is 13.3 Å². The van der Waals surface area contributed by atoms with Gasteiger partial charge in [0.25, 0.3) is 0 Å². The summed E-state index contributed by atoms with van der Waals surface area (Å²) in [5.74, 6) is 0.303. The van der Waals surface area contributed by atoms with Crippen molar-refractivity contribution < 1.29 is 46.5 Å². The van der Waals surface area contributed by atoms with Crippen LogP contribution >= 0.6 is 0 Å². The molecular weight excluding hydrogens is 1130 g/mol. The van der Waals surface area contributed by atoms with Gasteiger partial charge in [0, 0.05) is 16.2 Å². The third-order valence-electron chi connectivity index (χ3n) is 15.8. The van der Waals surface area contributed by atoms with E-state index >= 15 is 0 Å². The van der Waals surface area contributed by atoms with E-state index in [0.717, 1.165) is 155 Å². The topological polar surface area (TPSA) is 78.1 Å². The van der Waals surface area contributed by atoms with Gasteiger partial charge in [-0.2, -0.15) is 0 Å². The monoisotopic (exact) mass is 1180 g/mol. The summed E-state index contributed by atoms with van der Waals surface area (Å²) in [6, 6.07) is 51.0. The fourth-order valence-electron chi connectivity index (χ4n) is 12.1. The molecule has 378 valence electrons. The quantitative estimate of drug-likeness (QED) is 0.154. The zero-order chi connectivity index (χ0) is 50.4. The Morgan fingerprint density at radius 1 is 0.368 bits per heavy atom. The molecule has 0 bridgehead atoms. The summed E-state index contributed by atoms with van der Waals surface area (Å²) in [5.41, 5.74) is 11.8. The third kappa shape index (κ3) is 9.30. The van der Waals surface area contributed by atoms with Crippen LogP contribution in [0.15, 0.2) is 159 Å². The van der Waals surface area contributed by atoms with Crippen LogP contribution in [0.3, 0.4) is 0 Å². The molecule has 0 N–H and O–H groups in total. The normalized spacial score (nSPS) is 15.2. The average molecular weight is 1180 g/mol. The number of furan rings is 3. The molecule has 3 aliphatic rings. The third-order valence-corrected chi connectivity index (χ3v) is 15.8. The summed E-state index contributed by atoms with van der Waals surface area (Å²) in [4.78, 5) is 13.0. The van der Waals surface area contributed by atoms with Crippen LogP contribution in [0.5, 0.6) is 0 Å². The minimum absolute atomic E-state index is 0. The molecule has 76 heavy (non-hydrogen) atoms. The van der Waals surface area contributed by atoms with Crippen molar-refractivity contribution in [3.8, 4) is 33.8 Å². The summed E-state index contributed by atoms with van der Waals surface area (Å²) >= 11 is 0. The molecule has 0 aliphatic heterocycles. The van der Waals surface area contributed by atoms with Gasteiger partial charge in [-0.25, -0.2) is 13.2 Å². The van der Waals surface area contributed by atoms with Gasteiger partial charge in [-0.05, 0) is 108 Å². The molecule has 3 aliphatic carbocycles. The fraction of sp³-hybridized carbons (Fsp3) is 0.227. The minimum Gasteiger partial charge on any atom is -0.501 e. The predicted molar refractivity (Wildman–Crippen MR) is 291 cm³/mol. The second kappa shape index (κ2) is 21.3. The second-order valence-corrected chi connectivity index (χ2v) is 20.3. The Labute approximate surface area is 451 Å². The summed E-state index contributed by atoms with van der Waals surface area (Å²) in [6.45, 7) is 0. The Kier molecular flexibility index (Phi) is 13.9. The molecule has 15 rings (SSSR count). The summed E-state index contributed by atoms with van der Waals surface area (Å²) < 4.78 is 61.2. The molecule has 6 aromatic carbocycles. The largest absolute Gasteiger partial charge is 3.00 e. The van der Waals surface area contributed by atoms with E-state index in [1.165, 1.54) is 57.1 Å². The fourth-order valence-corrected chi connectivity index (χ4v) is 12.1. The number of para-hydroxylation sites is 3. The van der Waals surface area contributed by atoms with Gasteiger partial charge < -0.3 is 28.2 Å². The molecule has 12 aromatic rings. The van der Waals surface area contributed by atoms with Gasteiger partial charge in [0.05, 0.1) is 35.3 Å². The summed E-state index contributed by atoms with van der Waals surface area (Å²) in [7, 11) is 0. The first kappa shape index (κ1) is 49.5. The Morgan fingerprint density at radius 3 is 0.934 bits per heavy atom.